The predicted octanol–water partition coefficient (Wildman–Crippen LogP) is 4.63. The maximum absolute atomic E-state index is 6.40. The molecule has 3 heteroatoms. The summed E-state index contributed by atoms with van der Waals surface area (Å²) in [6, 6.07) is 8.76. The molecule has 1 aromatic heterocycles. The van der Waals surface area contributed by atoms with Crippen LogP contribution in [0.25, 0.3) is 10.2 Å². The van der Waals surface area contributed by atoms with Crippen LogP contribution in [0.4, 0.5) is 0 Å². The van der Waals surface area contributed by atoms with Gasteiger partial charge in [0.2, 0.25) is 0 Å². The zero-order valence-electron chi connectivity index (χ0n) is 13.3. The molecule has 114 valence electrons. The van der Waals surface area contributed by atoms with Gasteiger partial charge in [0, 0.05) is 12.5 Å². The molecule has 1 aromatic carbocycles. The molecule has 3 rings (SSSR count). The lowest BCUT2D eigenvalue weighted by Gasteiger charge is -2.40. The van der Waals surface area contributed by atoms with E-state index in [-0.39, 0.29) is 0 Å². The second-order valence-corrected chi connectivity index (χ2v) is 8.69. The minimum Gasteiger partial charge on any atom is -0.327 e. The predicted molar refractivity (Wildman–Crippen MR) is 91.6 cm³/mol. The maximum atomic E-state index is 6.40. The molecule has 21 heavy (non-hydrogen) atoms. The van der Waals surface area contributed by atoms with Crippen molar-refractivity contribution in [1.82, 2.24) is 4.98 Å². The van der Waals surface area contributed by atoms with Gasteiger partial charge in [-0.25, -0.2) is 4.98 Å². The SMILES string of the molecule is CC(C)(C)C1CCC(N)C(Cc2nc3ccccc3s2)C1. The molecule has 2 aromatic rings. The first-order valence-corrected chi connectivity index (χ1v) is 8.85. The molecule has 0 saturated heterocycles. The van der Waals surface area contributed by atoms with Crippen LogP contribution in [-0.2, 0) is 6.42 Å². The van der Waals surface area contributed by atoms with Crippen molar-refractivity contribution in [3.8, 4) is 0 Å². The van der Waals surface area contributed by atoms with E-state index in [9.17, 15) is 0 Å². The number of thiazole rings is 1. The van der Waals surface area contributed by atoms with Crippen molar-refractivity contribution in [2.45, 2.75) is 52.5 Å². The van der Waals surface area contributed by atoms with Gasteiger partial charge < -0.3 is 5.73 Å². The third kappa shape index (κ3) is 3.29. The summed E-state index contributed by atoms with van der Waals surface area (Å²) in [6.07, 6.45) is 4.74. The van der Waals surface area contributed by atoms with Gasteiger partial charge in [0.1, 0.15) is 0 Å². The Morgan fingerprint density at radius 1 is 1.24 bits per heavy atom. The summed E-state index contributed by atoms with van der Waals surface area (Å²) in [7, 11) is 0. The quantitative estimate of drug-likeness (QED) is 0.878. The molecule has 0 radical (unpaired) electrons. The Labute approximate surface area is 131 Å². The lowest BCUT2D eigenvalue weighted by Crippen LogP contribution is -2.40. The third-order valence-corrected chi connectivity index (χ3v) is 6.10. The van der Waals surface area contributed by atoms with Crippen LogP contribution in [0.1, 0.15) is 45.0 Å². The molecule has 2 N–H and O–H groups in total. The monoisotopic (exact) mass is 302 g/mol. The van der Waals surface area contributed by atoms with Gasteiger partial charge in [-0.1, -0.05) is 32.9 Å². The summed E-state index contributed by atoms with van der Waals surface area (Å²) in [5.74, 6) is 1.38. The van der Waals surface area contributed by atoms with E-state index in [1.54, 1.807) is 0 Å². The Morgan fingerprint density at radius 3 is 2.71 bits per heavy atom. The normalized spacial score (nSPS) is 27.1. The number of nitrogens with zero attached hydrogens (tertiary/aromatic N) is 1. The molecule has 0 spiro atoms. The Bertz CT molecular complexity index is 578. The molecule has 0 amide bonds. The molecular formula is C18H26N2S. The van der Waals surface area contributed by atoms with Crippen LogP contribution in [-0.4, -0.2) is 11.0 Å². The van der Waals surface area contributed by atoms with Crippen LogP contribution >= 0.6 is 11.3 Å². The molecule has 1 heterocycles. The van der Waals surface area contributed by atoms with Crippen LogP contribution in [0.5, 0.6) is 0 Å². The van der Waals surface area contributed by atoms with Crippen molar-refractivity contribution >= 4 is 21.6 Å². The van der Waals surface area contributed by atoms with Crippen LogP contribution in [0.3, 0.4) is 0 Å². The van der Waals surface area contributed by atoms with Gasteiger partial charge >= 0.3 is 0 Å². The Hall–Kier alpha value is -0.930. The summed E-state index contributed by atoms with van der Waals surface area (Å²) >= 11 is 1.84. The minimum atomic E-state index is 0.343. The van der Waals surface area contributed by atoms with E-state index in [1.807, 2.05) is 11.3 Å². The van der Waals surface area contributed by atoms with Crippen LogP contribution < -0.4 is 5.73 Å². The molecule has 1 saturated carbocycles. The molecule has 1 aliphatic carbocycles. The van der Waals surface area contributed by atoms with Gasteiger partial charge in [0.25, 0.3) is 0 Å². The number of para-hydroxylation sites is 1. The average molecular weight is 302 g/mol. The highest BCUT2D eigenvalue weighted by molar-refractivity contribution is 7.18. The van der Waals surface area contributed by atoms with E-state index >= 15 is 0 Å². The topological polar surface area (TPSA) is 38.9 Å². The Morgan fingerprint density at radius 2 is 2.00 bits per heavy atom. The van der Waals surface area contributed by atoms with Gasteiger partial charge in [0.05, 0.1) is 15.2 Å². The minimum absolute atomic E-state index is 0.343. The molecule has 3 unspecified atom stereocenters. The smallest absolute Gasteiger partial charge is 0.0941 e. The van der Waals surface area contributed by atoms with E-state index in [0.717, 1.165) is 24.3 Å². The maximum Gasteiger partial charge on any atom is 0.0941 e. The summed E-state index contributed by atoms with van der Waals surface area (Å²) < 4.78 is 1.30. The summed E-state index contributed by atoms with van der Waals surface area (Å²) in [5, 5.41) is 1.26. The fourth-order valence-corrected chi connectivity index (χ4v) is 4.60. The van der Waals surface area contributed by atoms with Crippen molar-refractivity contribution in [1.29, 1.82) is 0 Å². The zero-order valence-corrected chi connectivity index (χ0v) is 14.1. The second-order valence-electron chi connectivity index (χ2n) is 7.58. The number of hydrogen-bond donors (Lipinski definition) is 1. The fraction of sp³-hybridized carbons (Fsp3) is 0.611. The first-order chi connectivity index (χ1) is 9.93. The number of nitrogens with two attached hydrogens (primary N) is 1. The van der Waals surface area contributed by atoms with Gasteiger partial charge in [-0.15, -0.1) is 11.3 Å². The van der Waals surface area contributed by atoms with E-state index in [1.165, 1.54) is 22.5 Å². The molecule has 3 atom stereocenters. The van der Waals surface area contributed by atoms with Crippen molar-refractivity contribution < 1.29 is 0 Å². The standard InChI is InChI=1S/C18H26N2S/c1-18(2,3)13-8-9-14(19)12(10-13)11-17-20-15-6-4-5-7-16(15)21-17/h4-7,12-14H,8-11,19H2,1-3H3. The first-order valence-electron chi connectivity index (χ1n) is 8.03. The molecule has 0 aliphatic heterocycles. The van der Waals surface area contributed by atoms with Crippen LogP contribution in [0.2, 0.25) is 0 Å². The third-order valence-electron chi connectivity index (χ3n) is 5.04. The lowest BCUT2D eigenvalue weighted by atomic mass is 9.67. The zero-order chi connectivity index (χ0) is 15.0. The molecule has 1 aliphatic rings. The van der Waals surface area contributed by atoms with Gasteiger partial charge in [-0.2, -0.15) is 0 Å². The van der Waals surface area contributed by atoms with Gasteiger partial charge in [-0.3, -0.25) is 0 Å². The second kappa shape index (κ2) is 5.69. The van der Waals surface area contributed by atoms with E-state index in [4.69, 9.17) is 10.7 Å². The van der Waals surface area contributed by atoms with Crippen LogP contribution in [0.15, 0.2) is 24.3 Å². The van der Waals surface area contributed by atoms with Gasteiger partial charge in [0.15, 0.2) is 0 Å². The Kier molecular flexibility index (Phi) is 4.06. The van der Waals surface area contributed by atoms with E-state index in [2.05, 4.69) is 45.0 Å². The molecular weight excluding hydrogens is 276 g/mol. The molecule has 0 bridgehead atoms. The first kappa shape index (κ1) is 15.0. The average Bonchev–Trinajstić information content (AvgIpc) is 2.82. The largest absolute Gasteiger partial charge is 0.327 e. The number of hydrogen-bond acceptors (Lipinski definition) is 3. The molecule has 1 fully saturated rings. The van der Waals surface area contributed by atoms with Crippen molar-refractivity contribution in [2.75, 3.05) is 0 Å². The summed E-state index contributed by atoms with van der Waals surface area (Å²) in [4.78, 5) is 4.79. The summed E-state index contributed by atoms with van der Waals surface area (Å²) in [5.41, 5.74) is 7.93. The van der Waals surface area contributed by atoms with Gasteiger partial charge in [-0.05, 0) is 48.6 Å². The number of aromatic nitrogens is 1. The lowest BCUT2D eigenvalue weighted by molar-refractivity contribution is 0.127. The van der Waals surface area contributed by atoms with Crippen LogP contribution in [0, 0.1) is 17.3 Å². The number of benzene rings is 1. The highest BCUT2D eigenvalue weighted by atomic mass is 32.1. The number of rotatable bonds is 2. The van der Waals surface area contributed by atoms with Crippen molar-refractivity contribution in [2.24, 2.45) is 23.0 Å². The molecule has 2 nitrogen and oxygen atoms in total. The van der Waals surface area contributed by atoms with Crippen molar-refractivity contribution in [3.63, 3.8) is 0 Å². The summed E-state index contributed by atoms with van der Waals surface area (Å²) in [6.45, 7) is 7.09. The van der Waals surface area contributed by atoms with E-state index < -0.39 is 0 Å². The van der Waals surface area contributed by atoms with Crippen molar-refractivity contribution in [3.05, 3.63) is 29.3 Å². The van der Waals surface area contributed by atoms with E-state index in [0.29, 0.717) is 17.4 Å². The highest BCUT2D eigenvalue weighted by Crippen LogP contribution is 2.41. The Balaban J connectivity index is 1.75. The number of fused-ring (bicyclic) bond motifs is 1. The fourth-order valence-electron chi connectivity index (χ4n) is 3.54. The highest BCUT2D eigenvalue weighted by Gasteiger charge is 2.34.